The van der Waals surface area contributed by atoms with Gasteiger partial charge in [-0.15, -0.1) is 0 Å². The predicted octanol–water partition coefficient (Wildman–Crippen LogP) is 5.41. The van der Waals surface area contributed by atoms with Gasteiger partial charge in [0.15, 0.2) is 4.77 Å². The predicted molar refractivity (Wildman–Crippen MR) is 85.9 cm³/mol. The Morgan fingerprint density at radius 1 is 1.26 bits per heavy atom. The molecular formula is C14H10BrClN2S. The lowest BCUT2D eigenvalue weighted by molar-refractivity contribution is 1.06. The smallest absolute Gasteiger partial charge is 0.182 e. The van der Waals surface area contributed by atoms with Crippen LogP contribution in [0.1, 0.15) is 5.56 Å². The van der Waals surface area contributed by atoms with Crippen LogP contribution in [-0.4, -0.2) is 9.55 Å². The number of nitrogens with one attached hydrogen (secondary N) is 1. The molecule has 0 saturated carbocycles. The van der Waals surface area contributed by atoms with Crippen molar-refractivity contribution in [2.24, 2.45) is 0 Å². The zero-order valence-corrected chi connectivity index (χ0v) is 13.2. The van der Waals surface area contributed by atoms with Crippen molar-refractivity contribution in [3.63, 3.8) is 0 Å². The van der Waals surface area contributed by atoms with Crippen LogP contribution in [0.2, 0.25) is 5.02 Å². The summed E-state index contributed by atoms with van der Waals surface area (Å²) >= 11 is 15.1. The Kier molecular flexibility index (Phi) is 3.25. The van der Waals surface area contributed by atoms with E-state index in [9.17, 15) is 0 Å². The standard InChI is InChI=1S/C14H10BrClN2S/c1-8-5-6-9(7-10(8)15)18-12-4-2-3-11(16)13(12)17-14(18)19/h2-7H,1H3,(H,17,19). The second kappa shape index (κ2) is 4.78. The van der Waals surface area contributed by atoms with E-state index >= 15 is 0 Å². The Labute approximate surface area is 129 Å². The van der Waals surface area contributed by atoms with E-state index in [2.05, 4.69) is 40.0 Å². The molecule has 0 spiro atoms. The number of H-pyrrole nitrogens is 1. The number of para-hydroxylation sites is 1. The summed E-state index contributed by atoms with van der Waals surface area (Å²) in [5.41, 5.74) is 4.04. The fourth-order valence-corrected chi connectivity index (χ4v) is 2.96. The monoisotopic (exact) mass is 352 g/mol. The first-order valence-corrected chi connectivity index (χ1v) is 7.31. The van der Waals surface area contributed by atoms with Crippen molar-refractivity contribution < 1.29 is 0 Å². The van der Waals surface area contributed by atoms with Crippen LogP contribution in [0.25, 0.3) is 16.7 Å². The molecule has 2 nitrogen and oxygen atoms in total. The zero-order valence-electron chi connectivity index (χ0n) is 10.1. The van der Waals surface area contributed by atoms with Crippen LogP contribution < -0.4 is 0 Å². The second-order valence-electron chi connectivity index (χ2n) is 4.33. The highest BCUT2D eigenvalue weighted by Crippen LogP contribution is 2.27. The van der Waals surface area contributed by atoms with Gasteiger partial charge in [-0.3, -0.25) is 4.57 Å². The Hall–Kier alpha value is -1.10. The van der Waals surface area contributed by atoms with E-state index in [-0.39, 0.29) is 0 Å². The lowest BCUT2D eigenvalue weighted by atomic mass is 10.2. The van der Waals surface area contributed by atoms with E-state index < -0.39 is 0 Å². The highest BCUT2D eigenvalue weighted by Gasteiger charge is 2.09. The molecular weight excluding hydrogens is 344 g/mol. The molecule has 3 rings (SSSR count). The summed E-state index contributed by atoms with van der Waals surface area (Å²) in [5.74, 6) is 0. The lowest BCUT2D eigenvalue weighted by Gasteiger charge is -2.07. The van der Waals surface area contributed by atoms with Crippen molar-refractivity contribution in [2.45, 2.75) is 6.92 Å². The molecule has 5 heteroatoms. The third-order valence-electron chi connectivity index (χ3n) is 3.08. The molecule has 0 atom stereocenters. The normalized spacial score (nSPS) is 11.1. The topological polar surface area (TPSA) is 20.7 Å². The van der Waals surface area contributed by atoms with E-state index in [0.717, 1.165) is 21.2 Å². The number of aromatic amines is 1. The first kappa shape index (κ1) is 12.9. The number of imidazole rings is 1. The minimum atomic E-state index is 0.638. The Bertz CT molecular complexity index is 835. The molecule has 0 radical (unpaired) electrons. The van der Waals surface area contributed by atoms with Gasteiger partial charge in [-0.2, -0.15) is 0 Å². The zero-order chi connectivity index (χ0) is 13.6. The maximum Gasteiger partial charge on any atom is 0.182 e. The number of halogens is 2. The van der Waals surface area contributed by atoms with E-state index in [0.29, 0.717) is 9.79 Å². The molecule has 1 aromatic heterocycles. The number of nitrogens with zero attached hydrogens (tertiary/aromatic N) is 1. The number of hydrogen-bond acceptors (Lipinski definition) is 1. The fraction of sp³-hybridized carbons (Fsp3) is 0.0714. The number of benzene rings is 2. The number of hydrogen-bond donors (Lipinski definition) is 1. The summed E-state index contributed by atoms with van der Waals surface area (Å²) in [6, 6.07) is 11.9. The van der Waals surface area contributed by atoms with Gasteiger partial charge < -0.3 is 4.98 Å². The maximum absolute atomic E-state index is 6.19. The number of aromatic nitrogens is 2. The van der Waals surface area contributed by atoms with Crippen molar-refractivity contribution in [3.8, 4) is 5.69 Å². The minimum absolute atomic E-state index is 0.638. The molecule has 0 aliphatic heterocycles. The summed E-state index contributed by atoms with van der Waals surface area (Å²) in [7, 11) is 0. The molecule has 0 saturated heterocycles. The average Bonchev–Trinajstić information content (AvgIpc) is 2.71. The van der Waals surface area contributed by atoms with Crippen LogP contribution in [0.3, 0.4) is 0 Å². The quantitative estimate of drug-likeness (QED) is 0.580. The van der Waals surface area contributed by atoms with Gasteiger partial charge >= 0.3 is 0 Å². The van der Waals surface area contributed by atoms with Crippen LogP contribution in [0.5, 0.6) is 0 Å². The summed E-state index contributed by atoms with van der Waals surface area (Å²) in [5, 5.41) is 0.675. The van der Waals surface area contributed by atoms with Gasteiger partial charge in [-0.05, 0) is 49.0 Å². The largest absolute Gasteiger partial charge is 0.329 e. The lowest BCUT2D eigenvalue weighted by Crippen LogP contribution is -1.94. The SMILES string of the molecule is Cc1ccc(-n2c(=S)[nH]c3c(Cl)cccc32)cc1Br. The van der Waals surface area contributed by atoms with E-state index in [4.69, 9.17) is 23.8 Å². The molecule has 0 bridgehead atoms. The van der Waals surface area contributed by atoms with E-state index in [1.54, 1.807) is 0 Å². The van der Waals surface area contributed by atoms with Gasteiger partial charge in [0.25, 0.3) is 0 Å². The number of aryl methyl sites for hydroxylation is 1. The Morgan fingerprint density at radius 3 is 2.79 bits per heavy atom. The molecule has 1 N–H and O–H groups in total. The van der Waals surface area contributed by atoms with Gasteiger partial charge in [0, 0.05) is 10.2 Å². The van der Waals surface area contributed by atoms with Crippen molar-refractivity contribution in [3.05, 3.63) is 56.2 Å². The van der Waals surface area contributed by atoms with E-state index in [1.165, 1.54) is 5.56 Å². The van der Waals surface area contributed by atoms with Gasteiger partial charge in [0.1, 0.15) is 0 Å². The third-order valence-corrected chi connectivity index (χ3v) is 4.54. The molecule has 19 heavy (non-hydrogen) atoms. The van der Waals surface area contributed by atoms with Gasteiger partial charge in [-0.1, -0.05) is 39.7 Å². The highest BCUT2D eigenvalue weighted by molar-refractivity contribution is 9.10. The third kappa shape index (κ3) is 2.14. The summed E-state index contributed by atoms with van der Waals surface area (Å²) in [6.07, 6.45) is 0. The van der Waals surface area contributed by atoms with E-state index in [1.807, 2.05) is 28.8 Å². The van der Waals surface area contributed by atoms with Gasteiger partial charge in [-0.25, -0.2) is 0 Å². The van der Waals surface area contributed by atoms with Crippen molar-refractivity contribution in [1.82, 2.24) is 9.55 Å². The maximum atomic E-state index is 6.19. The molecule has 0 aliphatic rings. The molecule has 2 aromatic carbocycles. The molecule has 0 fully saturated rings. The molecule has 96 valence electrons. The van der Waals surface area contributed by atoms with Crippen molar-refractivity contribution in [1.29, 1.82) is 0 Å². The molecule has 0 unspecified atom stereocenters. The van der Waals surface area contributed by atoms with Gasteiger partial charge in [0.05, 0.1) is 16.1 Å². The van der Waals surface area contributed by atoms with Crippen molar-refractivity contribution in [2.75, 3.05) is 0 Å². The Balaban J connectivity index is 2.36. The molecule has 0 amide bonds. The summed E-state index contributed by atoms with van der Waals surface area (Å²) < 4.78 is 3.68. The highest BCUT2D eigenvalue weighted by atomic mass is 79.9. The molecule has 3 aromatic rings. The first-order valence-electron chi connectivity index (χ1n) is 5.73. The summed E-state index contributed by atoms with van der Waals surface area (Å²) in [4.78, 5) is 3.16. The minimum Gasteiger partial charge on any atom is -0.329 e. The first-order chi connectivity index (χ1) is 9.08. The molecule has 1 heterocycles. The van der Waals surface area contributed by atoms with Crippen LogP contribution in [0, 0.1) is 11.7 Å². The average molecular weight is 354 g/mol. The van der Waals surface area contributed by atoms with Crippen molar-refractivity contribution >= 4 is 50.8 Å². The van der Waals surface area contributed by atoms with Crippen LogP contribution >= 0.6 is 39.7 Å². The summed E-state index contributed by atoms with van der Waals surface area (Å²) in [6.45, 7) is 2.05. The van der Waals surface area contributed by atoms with Crippen LogP contribution in [0.4, 0.5) is 0 Å². The van der Waals surface area contributed by atoms with Crippen LogP contribution in [-0.2, 0) is 0 Å². The number of rotatable bonds is 1. The number of fused-ring (bicyclic) bond motifs is 1. The molecule has 0 aliphatic carbocycles. The fourth-order valence-electron chi connectivity index (χ4n) is 2.07. The van der Waals surface area contributed by atoms with Gasteiger partial charge in [0.2, 0.25) is 0 Å². The second-order valence-corrected chi connectivity index (χ2v) is 5.98. The Morgan fingerprint density at radius 2 is 2.05 bits per heavy atom. The van der Waals surface area contributed by atoms with Crippen LogP contribution in [0.15, 0.2) is 40.9 Å².